The molecular weight excluding hydrogens is 586 g/mol. The molecule has 1 aliphatic rings. The Bertz CT molecular complexity index is 1460. The largest absolute Gasteiger partial charge is 0.496 e. The van der Waals surface area contributed by atoms with Crippen molar-refractivity contribution in [1.29, 1.82) is 0 Å². The molecule has 4 rings (SSSR count). The summed E-state index contributed by atoms with van der Waals surface area (Å²) in [5, 5.41) is 12.8. The van der Waals surface area contributed by atoms with Gasteiger partial charge in [0.1, 0.15) is 5.75 Å². The van der Waals surface area contributed by atoms with Crippen LogP contribution in [0.4, 0.5) is 4.79 Å². The maximum Gasteiger partial charge on any atom is 0.335 e. The number of methoxy groups -OCH3 is 1. The van der Waals surface area contributed by atoms with Crippen LogP contribution in [0.25, 0.3) is 0 Å². The number of carbonyl (C=O) groups excluding carboxylic acids is 2. The van der Waals surface area contributed by atoms with Gasteiger partial charge in [0.15, 0.2) is 0 Å². The fourth-order valence-electron chi connectivity index (χ4n) is 4.53. The number of nitrogens with one attached hydrogen (secondary N) is 1. The van der Waals surface area contributed by atoms with Crippen molar-refractivity contribution in [3.63, 3.8) is 0 Å². The lowest BCUT2D eigenvalue weighted by Crippen LogP contribution is -2.49. The number of amides is 3. The SMILES string of the molecule is COc1ccc(Br)cc1C1NC(=O)N(Cc2ccc(C(=O)O)cc2)C(C)=C1C(=O)N(C)Cc1cccc(Cl)c1. The van der Waals surface area contributed by atoms with Crippen LogP contribution in [-0.4, -0.2) is 47.0 Å². The highest BCUT2D eigenvalue weighted by Gasteiger charge is 2.38. The normalized spacial score (nSPS) is 15.2. The summed E-state index contributed by atoms with van der Waals surface area (Å²) in [6, 6.07) is 17.8. The third-order valence-electron chi connectivity index (χ3n) is 6.53. The van der Waals surface area contributed by atoms with E-state index >= 15 is 0 Å². The van der Waals surface area contributed by atoms with E-state index in [-0.39, 0.29) is 18.0 Å². The molecule has 10 heteroatoms. The lowest BCUT2D eigenvalue weighted by molar-refractivity contribution is -0.127. The number of hydrogen-bond acceptors (Lipinski definition) is 4. The van der Waals surface area contributed by atoms with Crippen molar-refractivity contribution in [3.05, 3.63) is 110 Å². The summed E-state index contributed by atoms with van der Waals surface area (Å²) in [4.78, 5) is 41.7. The van der Waals surface area contributed by atoms with Crippen LogP contribution in [0.2, 0.25) is 5.02 Å². The zero-order valence-corrected chi connectivity index (χ0v) is 23.9. The average Bonchev–Trinajstić information content (AvgIpc) is 2.90. The number of hydrogen-bond donors (Lipinski definition) is 2. The van der Waals surface area contributed by atoms with Gasteiger partial charge in [0, 0.05) is 34.3 Å². The van der Waals surface area contributed by atoms with E-state index in [1.54, 1.807) is 49.2 Å². The zero-order chi connectivity index (χ0) is 28.3. The number of carboxylic acid groups (broad SMARTS) is 1. The molecular formula is C29H27BrClN3O5. The minimum absolute atomic E-state index is 0.148. The summed E-state index contributed by atoms with van der Waals surface area (Å²) in [6.45, 7) is 2.19. The van der Waals surface area contributed by atoms with E-state index in [2.05, 4.69) is 21.2 Å². The van der Waals surface area contributed by atoms with Gasteiger partial charge in [0.2, 0.25) is 0 Å². The molecule has 0 saturated heterocycles. The monoisotopic (exact) mass is 611 g/mol. The van der Waals surface area contributed by atoms with E-state index in [1.807, 2.05) is 24.3 Å². The van der Waals surface area contributed by atoms with E-state index in [9.17, 15) is 19.5 Å². The number of likely N-dealkylation sites (N-methyl/N-ethyl adjacent to an activating group) is 1. The minimum Gasteiger partial charge on any atom is -0.496 e. The molecule has 39 heavy (non-hydrogen) atoms. The van der Waals surface area contributed by atoms with Gasteiger partial charge in [0.05, 0.1) is 30.8 Å². The van der Waals surface area contributed by atoms with Crippen molar-refractivity contribution in [2.75, 3.05) is 14.2 Å². The predicted molar refractivity (Wildman–Crippen MR) is 152 cm³/mol. The van der Waals surface area contributed by atoms with E-state index in [1.165, 1.54) is 24.1 Å². The number of halogens is 2. The van der Waals surface area contributed by atoms with Gasteiger partial charge in [-0.25, -0.2) is 9.59 Å². The summed E-state index contributed by atoms with van der Waals surface area (Å²) >= 11 is 9.64. The van der Waals surface area contributed by atoms with Gasteiger partial charge < -0.3 is 20.1 Å². The standard InChI is InChI=1S/C29H27BrClN3O5/c1-17-25(27(35)33(2)15-19-5-4-6-22(31)13-19)26(23-14-21(30)11-12-24(23)39-3)32-29(38)34(17)16-18-7-9-20(10-8-18)28(36)37/h4-14,26H,15-16H2,1-3H3,(H,32,38)(H,36,37). The Morgan fingerprint density at radius 3 is 2.46 bits per heavy atom. The molecule has 1 unspecified atom stereocenters. The highest BCUT2D eigenvalue weighted by atomic mass is 79.9. The summed E-state index contributed by atoms with van der Waals surface area (Å²) in [5.74, 6) is -0.780. The molecule has 0 aliphatic carbocycles. The first kappa shape index (κ1) is 28.2. The fourth-order valence-corrected chi connectivity index (χ4v) is 5.13. The number of urea groups is 1. The van der Waals surface area contributed by atoms with Crippen molar-refractivity contribution >= 4 is 45.4 Å². The third-order valence-corrected chi connectivity index (χ3v) is 7.25. The van der Waals surface area contributed by atoms with E-state index in [0.29, 0.717) is 39.7 Å². The average molecular weight is 613 g/mol. The number of ether oxygens (including phenoxy) is 1. The molecule has 0 fully saturated rings. The Morgan fingerprint density at radius 1 is 1.10 bits per heavy atom. The fraction of sp³-hybridized carbons (Fsp3) is 0.207. The second-order valence-electron chi connectivity index (χ2n) is 9.15. The third kappa shape index (κ3) is 6.26. The Labute approximate surface area is 239 Å². The van der Waals surface area contributed by atoms with Crippen LogP contribution in [0.3, 0.4) is 0 Å². The van der Waals surface area contributed by atoms with Crippen molar-refractivity contribution in [1.82, 2.24) is 15.1 Å². The first-order valence-electron chi connectivity index (χ1n) is 12.0. The lowest BCUT2D eigenvalue weighted by atomic mass is 9.92. The molecule has 0 saturated carbocycles. The molecule has 0 radical (unpaired) electrons. The first-order valence-corrected chi connectivity index (χ1v) is 13.2. The molecule has 202 valence electrons. The Morgan fingerprint density at radius 2 is 1.82 bits per heavy atom. The molecule has 8 nitrogen and oxygen atoms in total. The molecule has 3 amide bonds. The Kier molecular flexibility index (Phi) is 8.62. The van der Waals surface area contributed by atoms with E-state index < -0.39 is 18.0 Å². The van der Waals surface area contributed by atoms with Crippen LogP contribution in [0.5, 0.6) is 5.75 Å². The smallest absolute Gasteiger partial charge is 0.335 e. The molecule has 0 spiro atoms. The predicted octanol–water partition coefficient (Wildman–Crippen LogP) is 6.01. The number of carbonyl (C=O) groups is 3. The van der Waals surface area contributed by atoms with Gasteiger partial charge in [-0.15, -0.1) is 0 Å². The number of aromatic carboxylic acids is 1. The summed E-state index contributed by atoms with van der Waals surface area (Å²) in [7, 11) is 3.23. The van der Waals surface area contributed by atoms with Gasteiger partial charge in [-0.2, -0.15) is 0 Å². The molecule has 3 aromatic rings. The number of rotatable bonds is 8. The minimum atomic E-state index is -1.03. The van der Waals surface area contributed by atoms with Gasteiger partial charge >= 0.3 is 12.0 Å². The second kappa shape index (κ2) is 11.9. The van der Waals surface area contributed by atoms with E-state index in [0.717, 1.165) is 10.0 Å². The molecule has 1 aliphatic heterocycles. The van der Waals surface area contributed by atoms with Crippen LogP contribution in [-0.2, 0) is 17.9 Å². The van der Waals surface area contributed by atoms with Crippen molar-refractivity contribution in [2.45, 2.75) is 26.1 Å². The molecule has 2 N–H and O–H groups in total. The number of allylic oxidation sites excluding steroid dienone is 1. The quantitative estimate of drug-likeness (QED) is 0.325. The lowest BCUT2D eigenvalue weighted by Gasteiger charge is -2.37. The maximum atomic E-state index is 14.0. The van der Waals surface area contributed by atoms with Gasteiger partial charge in [-0.1, -0.05) is 51.8 Å². The van der Waals surface area contributed by atoms with Crippen LogP contribution in [0.15, 0.2) is 82.5 Å². The van der Waals surface area contributed by atoms with Gasteiger partial charge in [-0.05, 0) is 60.5 Å². The summed E-state index contributed by atoms with van der Waals surface area (Å²) < 4.78 is 6.35. The van der Waals surface area contributed by atoms with E-state index in [4.69, 9.17) is 16.3 Å². The van der Waals surface area contributed by atoms with Gasteiger partial charge in [-0.3, -0.25) is 9.69 Å². The summed E-state index contributed by atoms with van der Waals surface area (Å²) in [6.07, 6.45) is 0. The number of nitrogens with zero attached hydrogens (tertiary/aromatic N) is 2. The highest BCUT2D eigenvalue weighted by molar-refractivity contribution is 9.10. The Hall–Kier alpha value is -3.82. The summed E-state index contributed by atoms with van der Waals surface area (Å²) in [5.41, 5.74) is 3.23. The van der Waals surface area contributed by atoms with Gasteiger partial charge in [0.25, 0.3) is 5.91 Å². The first-order chi connectivity index (χ1) is 18.6. The van der Waals surface area contributed by atoms with Crippen LogP contribution in [0, 0.1) is 0 Å². The Balaban J connectivity index is 1.76. The van der Waals surface area contributed by atoms with Crippen LogP contribution in [0.1, 0.15) is 40.0 Å². The van der Waals surface area contributed by atoms with Crippen molar-refractivity contribution in [3.8, 4) is 5.75 Å². The molecule has 1 atom stereocenters. The topological polar surface area (TPSA) is 99.2 Å². The molecule has 0 aromatic heterocycles. The number of benzene rings is 3. The zero-order valence-electron chi connectivity index (χ0n) is 21.6. The highest BCUT2D eigenvalue weighted by Crippen LogP contribution is 2.38. The molecule has 1 heterocycles. The molecule has 0 bridgehead atoms. The van der Waals surface area contributed by atoms with Crippen LogP contribution < -0.4 is 10.1 Å². The van der Waals surface area contributed by atoms with Crippen molar-refractivity contribution < 1.29 is 24.2 Å². The molecule has 3 aromatic carbocycles. The number of carboxylic acids is 1. The maximum absolute atomic E-state index is 14.0. The van der Waals surface area contributed by atoms with Crippen LogP contribution >= 0.6 is 27.5 Å². The second-order valence-corrected chi connectivity index (χ2v) is 10.5. The van der Waals surface area contributed by atoms with Crippen molar-refractivity contribution in [2.24, 2.45) is 0 Å².